The van der Waals surface area contributed by atoms with Crippen molar-refractivity contribution in [3.8, 4) is 52.5 Å². The van der Waals surface area contributed by atoms with Gasteiger partial charge in [-0.1, -0.05) is 127 Å². The van der Waals surface area contributed by atoms with Crippen LogP contribution in [0.2, 0.25) is 0 Å². The third-order valence-corrected chi connectivity index (χ3v) is 16.6. The van der Waals surface area contributed by atoms with E-state index in [1.54, 1.807) is 6.07 Å². The highest BCUT2D eigenvalue weighted by atomic mass is 16.3. The summed E-state index contributed by atoms with van der Waals surface area (Å²) in [6.07, 6.45) is 0. The van der Waals surface area contributed by atoms with E-state index in [4.69, 9.17) is 4.42 Å². The molecule has 382 valence electrons. The Morgan fingerprint density at radius 3 is 1.58 bits per heavy atom. The van der Waals surface area contributed by atoms with E-state index >= 15 is 0 Å². The predicted octanol–water partition coefficient (Wildman–Crippen LogP) is 18.7. The van der Waals surface area contributed by atoms with Gasteiger partial charge in [-0.3, -0.25) is 0 Å². The zero-order chi connectivity index (χ0) is 55.4. The quantitative estimate of drug-likeness (QED) is 0.156. The minimum atomic E-state index is 0.263. The maximum atomic E-state index is 10.7. The number of anilines is 3. The Balaban J connectivity index is 0.892. The predicted molar refractivity (Wildman–Crippen MR) is 333 cm³/mol. The van der Waals surface area contributed by atoms with Gasteiger partial charge in [-0.15, -0.1) is 0 Å². The molecule has 0 aliphatic rings. The number of nitriles is 4. The van der Waals surface area contributed by atoms with Gasteiger partial charge in [0.05, 0.1) is 72.1 Å². The van der Waals surface area contributed by atoms with Crippen molar-refractivity contribution in [2.24, 2.45) is 0 Å². The van der Waals surface area contributed by atoms with E-state index in [0.717, 1.165) is 127 Å². The van der Waals surface area contributed by atoms with Crippen LogP contribution in [0.15, 0.2) is 247 Å². The lowest BCUT2D eigenvalue weighted by Gasteiger charge is -2.29. The summed E-state index contributed by atoms with van der Waals surface area (Å²) in [6, 6.07) is 92.1. The van der Waals surface area contributed by atoms with Crippen LogP contribution in [-0.4, -0.2) is 13.7 Å². The van der Waals surface area contributed by atoms with Crippen molar-refractivity contribution in [2.75, 3.05) is 4.90 Å². The van der Waals surface area contributed by atoms with Crippen LogP contribution in [-0.2, 0) is 0 Å². The number of benzene rings is 12. The highest BCUT2D eigenvalue weighted by Gasteiger charge is 2.26. The van der Waals surface area contributed by atoms with Gasteiger partial charge in [0.1, 0.15) is 35.4 Å². The summed E-state index contributed by atoms with van der Waals surface area (Å²) < 4.78 is 13.4. The molecule has 12 aromatic carbocycles. The molecule has 0 unspecified atom stereocenters. The first-order chi connectivity index (χ1) is 41.0. The molecule has 0 aliphatic heterocycles. The highest BCUT2D eigenvalue weighted by molar-refractivity contribution is 6.25. The summed E-state index contributed by atoms with van der Waals surface area (Å²) >= 11 is 0. The van der Waals surface area contributed by atoms with Gasteiger partial charge in [-0.25, -0.2) is 0 Å². The number of furan rings is 1. The molecule has 16 rings (SSSR count). The first-order valence-corrected chi connectivity index (χ1v) is 27.2. The lowest BCUT2D eigenvalue weighted by Crippen LogP contribution is -2.14. The van der Waals surface area contributed by atoms with Crippen LogP contribution < -0.4 is 4.90 Å². The normalized spacial score (nSPS) is 11.6. The SMILES string of the molecule is N#Cc1ccc(-n2c3ccc(-n4c5ccccc5c5ccccc54)cc3c3c4cccc(-c5ccc(N(c6ccccc6)c6cc(C#N)c(C#N)cc6-n6c7ccccc7c7c8oc9ccccc9c8ccc76)cc5)c4ccc32)cc1C#N. The fourth-order valence-corrected chi connectivity index (χ4v) is 13.0. The Hall–Kier alpha value is -12.1. The molecule has 4 heterocycles. The Morgan fingerprint density at radius 1 is 0.325 bits per heavy atom. The van der Waals surface area contributed by atoms with Gasteiger partial charge >= 0.3 is 0 Å². The standard InChI is InChI=1S/C74H40N8O/c75-41-46-27-30-52(37-47(46)42-76)81-66-34-31-53(80-63-21-8-4-15-56(63)57-16-5-9-22-64(57)80)40-62(66)72-59-20-12-19-54(55(59)32-35-67(72)81)45-25-28-51(29-26-45)79(50-13-2-1-3-14-50)69-38-48(43-77)49(44-78)39-70(69)82-65-23-10-6-18-61(65)73-68(82)36-33-60-58-17-7-11-24-71(58)83-74(60)73/h1-40H. The van der Waals surface area contributed by atoms with Crippen LogP contribution in [0, 0.1) is 45.3 Å². The van der Waals surface area contributed by atoms with Crippen LogP contribution >= 0.6 is 0 Å². The van der Waals surface area contributed by atoms with Crippen molar-refractivity contribution in [3.63, 3.8) is 0 Å². The number of para-hydroxylation sites is 5. The molecule has 0 saturated carbocycles. The molecule has 9 heteroatoms. The molecule has 0 spiro atoms. The largest absolute Gasteiger partial charge is 0.455 e. The maximum absolute atomic E-state index is 10.7. The fraction of sp³-hybridized carbons (Fsp3) is 0. The van der Waals surface area contributed by atoms with Crippen LogP contribution in [0.4, 0.5) is 17.1 Å². The van der Waals surface area contributed by atoms with Crippen LogP contribution in [0.1, 0.15) is 22.3 Å². The zero-order valence-electron chi connectivity index (χ0n) is 44.1. The average molecular weight is 1060 g/mol. The number of fused-ring (bicyclic) bond motifs is 15. The third kappa shape index (κ3) is 6.90. The summed E-state index contributed by atoms with van der Waals surface area (Å²) in [6.45, 7) is 0. The molecular weight excluding hydrogens is 1020 g/mol. The molecule has 0 saturated heterocycles. The second-order valence-corrected chi connectivity index (χ2v) is 20.8. The fourth-order valence-electron chi connectivity index (χ4n) is 13.0. The van der Waals surface area contributed by atoms with E-state index < -0.39 is 0 Å². The minimum absolute atomic E-state index is 0.263. The number of nitrogens with zero attached hydrogens (tertiary/aromatic N) is 8. The van der Waals surface area contributed by atoms with E-state index in [1.807, 2.05) is 72.8 Å². The van der Waals surface area contributed by atoms with Gasteiger partial charge in [0.2, 0.25) is 0 Å². The smallest absolute Gasteiger partial charge is 0.145 e. The van der Waals surface area contributed by atoms with Crippen molar-refractivity contribution in [1.29, 1.82) is 21.0 Å². The van der Waals surface area contributed by atoms with Gasteiger partial charge in [0.15, 0.2) is 0 Å². The molecule has 0 amide bonds. The molecule has 4 aromatic heterocycles. The highest BCUT2D eigenvalue weighted by Crippen LogP contribution is 2.47. The Bertz CT molecular complexity index is 5580. The first kappa shape index (κ1) is 46.9. The molecule has 0 atom stereocenters. The van der Waals surface area contributed by atoms with Crippen molar-refractivity contribution in [3.05, 3.63) is 265 Å². The van der Waals surface area contributed by atoms with E-state index in [9.17, 15) is 21.0 Å². The molecule has 0 aliphatic carbocycles. The first-order valence-electron chi connectivity index (χ1n) is 27.2. The van der Waals surface area contributed by atoms with Crippen molar-refractivity contribution in [2.45, 2.75) is 0 Å². The van der Waals surface area contributed by atoms with Gasteiger partial charge in [0.25, 0.3) is 0 Å². The Kier molecular flexibility index (Phi) is 10.3. The van der Waals surface area contributed by atoms with Gasteiger partial charge in [-0.05, 0) is 137 Å². The molecule has 0 N–H and O–H groups in total. The second kappa shape index (κ2) is 18.2. The van der Waals surface area contributed by atoms with E-state index in [0.29, 0.717) is 16.8 Å². The molecule has 83 heavy (non-hydrogen) atoms. The van der Waals surface area contributed by atoms with Crippen LogP contribution in [0.25, 0.3) is 126 Å². The average Bonchev–Trinajstić information content (AvgIpc) is 2.07. The molecule has 0 radical (unpaired) electrons. The monoisotopic (exact) mass is 1060 g/mol. The zero-order valence-corrected chi connectivity index (χ0v) is 44.1. The van der Waals surface area contributed by atoms with Crippen molar-refractivity contribution >= 4 is 115 Å². The van der Waals surface area contributed by atoms with E-state index in [-0.39, 0.29) is 11.1 Å². The number of rotatable bonds is 7. The summed E-state index contributed by atoms with van der Waals surface area (Å²) in [5.41, 5.74) is 15.7. The van der Waals surface area contributed by atoms with Crippen LogP contribution in [0.5, 0.6) is 0 Å². The lowest BCUT2D eigenvalue weighted by atomic mass is 9.95. The van der Waals surface area contributed by atoms with Gasteiger partial charge in [0, 0.05) is 60.5 Å². The van der Waals surface area contributed by atoms with Crippen LogP contribution in [0.3, 0.4) is 0 Å². The van der Waals surface area contributed by atoms with E-state index in [2.05, 4.69) is 207 Å². The second-order valence-electron chi connectivity index (χ2n) is 20.8. The maximum Gasteiger partial charge on any atom is 0.145 e. The third-order valence-electron chi connectivity index (χ3n) is 16.6. The number of aromatic nitrogens is 3. The Morgan fingerprint density at radius 2 is 0.855 bits per heavy atom. The Labute approximate surface area is 474 Å². The summed E-state index contributed by atoms with van der Waals surface area (Å²) in [4.78, 5) is 2.17. The van der Waals surface area contributed by atoms with Crippen molar-refractivity contribution in [1.82, 2.24) is 13.7 Å². The van der Waals surface area contributed by atoms with E-state index in [1.165, 1.54) is 10.8 Å². The summed E-state index contributed by atoms with van der Waals surface area (Å²) in [7, 11) is 0. The number of hydrogen-bond acceptors (Lipinski definition) is 6. The lowest BCUT2D eigenvalue weighted by molar-refractivity contribution is 0.673. The molecular formula is C74H40N8O. The molecule has 0 fully saturated rings. The topological polar surface area (TPSA) is 126 Å². The molecule has 9 nitrogen and oxygen atoms in total. The summed E-state index contributed by atoms with van der Waals surface area (Å²) in [5, 5.41) is 52.1. The van der Waals surface area contributed by atoms with Gasteiger partial charge in [-0.2, -0.15) is 21.0 Å². The summed E-state index contributed by atoms with van der Waals surface area (Å²) in [5.74, 6) is 0. The molecule has 16 aromatic rings. The van der Waals surface area contributed by atoms with Gasteiger partial charge < -0.3 is 23.0 Å². The molecule has 0 bridgehead atoms. The number of hydrogen-bond donors (Lipinski definition) is 0. The van der Waals surface area contributed by atoms with Crippen molar-refractivity contribution < 1.29 is 4.42 Å². The minimum Gasteiger partial charge on any atom is -0.455 e.